The van der Waals surface area contributed by atoms with Crippen molar-refractivity contribution < 1.29 is 14.6 Å². The van der Waals surface area contributed by atoms with Crippen LogP contribution in [-0.4, -0.2) is 30.2 Å². The van der Waals surface area contributed by atoms with Crippen molar-refractivity contribution in [2.75, 3.05) is 6.61 Å². The molecule has 58 valence electrons. The van der Waals surface area contributed by atoms with Crippen molar-refractivity contribution in [2.24, 2.45) is 5.92 Å². The van der Waals surface area contributed by atoms with E-state index in [1.165, 1.54) is 0 Å². The van der Waals surface area contributed by atoms with Gasteiger partial charge in [0.1, 0.15) is 0 Å². The van der Waals surface area contributed by atoms with Gasteiger partial charge in [0, 0.05) is 12.3 Å². The van der Waals surface area contributed by atoms with Crippen molar-refractivity contribution in [3.05, 3.63) is 0 Å². The zero-order chi connectivity index (χ0) is 7.14. The molecule has 3 nitrogen and oxygen atoms in total. The molecule has 2 saturated heterocycles. The van der Waals surface area contributed by atoms with E-state index < -0.39 is 0 Å². The Hall–Kier alpha value is -0.120. The molecule has 0 amide bonds. The van der Waals surface area contributed by atoms with Gasteiger partial charge in [-0.3, -0.25) is 0 Å². The summed E-state index contributed by atoms with van der Waals surface area (Å²) >= 11 is 0. The third-order valence-corrected chi connectivity index (χ3v) is 2.40. The Morgan fingerprint density at radius 1 is 1.50 bits per heavy atom. The normalized spacial score (nSPS) is 53.4. The first kappa shape index (κ1) is 6.58. The monoisotopic (exact) mass is 144 g/mol. The van der Waals surface area contributed by atoms with Gasteiger partial charge in [-0.05, 0) is 0 Å². The molecule has 2 aliphatic rings. The van der Waals surface area contributed by atoms with E-state index in [9.17, 15) is 5.11 Å². The van der Waals surface area contributed by atoms with Gasteiger partial charge >= 0.3 is 0 Å². The number of hydrogen-bond donors (Lipinski definition) is 1. The summed E-state index contributed by atoms with van der Waals surface area (Å²) in [4.78, 5) is 0. The molecule has 0 spiro atoms. The lowest BCUT2D eigenvalue weighted by molar-refractivity contribution is -0.138. The average Bonchev–Trinajstić information content (AvgIpc) is 2.29. The number of ether oxygens (including phenoxy) is 2. The van der Waals surface area contributed by atoms with Gasteiger partial charge in [0.05, 0.1) is 18.8 Å². The van der Waals surface area contributed by atoms with Crippen LogP contribution in [0, 0.1) is 5.92 Å². The van der Waals surface area contributed by atoms with Crippen LogP contribution in [0.1, 0.15) is 13.3 Å². The zero-order valence-electron chi connectivity index (χ0n) is 5.99. The predicted molar refractivity (Wildman–Crippen MR) is 34.4 cm³/mol. The van der Waals surface area contributed by atoms with Crippen LogP contribution in [0.25, 0.3) is 0 Å². The van der Waals surface area contributed by atoms with Crippen LogP contribution in [0.5, 0.6) is 0 Å². The average molecular weight is 144 g/mol. The van der Waals surface area contributed by atoms with Crippen LogP contribution in [0.3, 0.4) is 0 Å². The molecule has 10 heavy (non-hydrogen) atoms. The fourth-order valence-corrected chi connectivity index (χ4v) is 1.53. The van der Waals surface area contributed by atoms with E-state index in [4.69, 9.17) is 9.47 Å². The molecule has 2 rings (SSSR count). The van der Waals surface area contributed by atoms with E-state index >= 15 is 0 Å². The maximum absolute atomic E-state index is 9.40. The predicted octanol–water partition coefficient (Wildman–Crippen LogP) is 0.129. The molecule has 4 atom stereocenters. The van der Waals surface area contributed by atoms with E-state index in [0.717, 1.165) is 0 Å². The number of fused-ring (bicyclic) bond motifs is 2. The molecule has 0 aromatic carbocycles. The smallest absolute Gasteiger partial charge is 0.160 e. The first-order valence-corrected chi connectivity index (χ1v) is 3.72. The lowest BCUT2D eigenvalue weighted by atomic mass is 9.95. The van der Waals surface area contributed by atoms with Crippen molar-refractivity contribution in [3.8, 4) is 0 Å². The van der Waals surface area contributed by atoms with Gasteiger partial charge in [-0.25, -0.2) is 0 Å². The Bertz CT molecular complexity index is 137. The van der Waals surface area contributed by atoms with Crippen molar-refractivity contribution in [1.29, 1.82) is 0 Å². The van der Waals surface area contributed by atoms with Crippen LogP contribution in [0.15, 0.2) is 0 Å². The second kappa shape index (κ2) is 2.19. The summed E-state index contributed by atoms with van der Waals surface area (Å²) in [5, 5.41) is 9.40. The minimum absolute atomic E-state index is 0.129. The largest absolute Gasteiger partial charge is 0.393 e. The third kappa shape index (κ3) is 0.856. The third-order valence-electron chi connectivity index (χ3n) is 2.40. The van der Waals surface area contributed by atoms with Crippen LogP contribution >= 0.6 is 0 Å². The molecule has 0 radical (unpaired) electrons. The highest BCUT2D eigenvalue weighted by Crippen LogP contribution is 2.31. The lowest BCUT2D eigenvalue weighted by Crippen LogP contribution is -2.37. The van der Waals surface area contributed by atoms with Gasteiger partial charge in [0.25, 0.3) is 0 Å². The van der Waals surface area contributed by atoms with Crippen LogP contribution < -0.4 is 0 Å². The minimum atomic E-state index is -0.230. The van der Waals surface area contributed by atoms with Gasteiger partial charge in [-0.1, -0.05) is 6.92 Å². The van der Waals surface area contributed by atoms with Gasteiger partial charge in [-0.15, -0.1) is 0 Å². The number of rotatable bonds is 0. The molecule has 2 bridgehead atoms. The second-order valence-electron chi connectivity index (χ2n) is 3.10. The maximum Gasteiger partial charge on any atom is 0.160 e. The summed E-state index contributed by atoms with van der Waals surface area (Å²) in [6, 6.07) is 0. The standard InChI is InChI=1S/C7H12O3/c1-4-5(8)2-7-9-3-6(4)10-7/h4-8H,2-3H2,1H3/t4-,5+,6+,7+/m0/s1. The zero-order valence-corrected chi connectivity index (χ0v) is 5.99. The van der Waals surface area contributed by atoms with Crippen LogP contribution in [0.2, 0.25) is 0 Å². The second-order valence-corrected chi connectivity index (χ2v) is 3.10. The number of aliphatic hydroxyl groups is 1. The molecule has 0 aromatic heterocycles. The van der Waals surface area contributed by atoms with E-state index in [1.54, 1.807) is 0 Å². The first-order chi connectivity index (χ1) is 4.77. The summed E-state index contributed by atoms with van der Waals surface area (Å²) in [6.07, 6.45) is 0.411. The van der Waals surface area contributed by atoms with Gasteiger partial charge in [0.2, 0.25) is 0 Å². The van der Waals surface area contributed by atoms with Crippen molar-refractivity contribution in [2.45, 2.75) is 31.8 Å². The fourth-order valence-electron chi connectivity index (χ4n) is 1.53. The molecule has 3 heteroatoms. The Morgan fingerprint density at radius 3 is 3.10 bits per heavy atom. The number of aliphatic hydroxyl groups excluding tert-OH is 1. The molecule has 2 heterocycles. The SMILES string of the molecule is C[C@H]1[C@H](O)C[C@@H]2OC[C@H]1O2. The molecule has 0 saturated carbocycles. The van der Waals surface area contributed by atoms with Crippen molar-refractivity contribution in [3.63, 3.8) is 0 Å². The van der Waals surface area contributed by atoms with Gasteiger partial charge in [0.15, 0.2) is 6.29 Å². The summed E-state index contributed by atoms with van der Waals surface area (Å²) in [7, 11) is 0. The van der Waals surface area contributed by atoms with Crippen LogP contribution in [-0.2, 0) is 9.47 Å². The van der Waals surface area contributed by atoms with Crippen LogP contribution in [0.4, 0.5) is 0 Å². The molecule has 0 aliphatic carbocycles. The molecule has 2 fully saturated rings. The Labute approximate surface area is 59.9 Å². The maximum atomic E-state index is 9.40. The Kier molecular flexibility index (Phi) is 1.44. The molecule has 2 aliphatic heterocycles. The highest BCUT2D eigenvalue weighted by Gasteiger charge is 2.40. The van der Waals surface area contributed by atoms with Gasteiger partial charge < -0.3 is 14.6 Å². The summed E-state index contributed by atoms with van der Waals surface area (Å²) in [6.45, 7) is 2.66. The van der Waals surface area contributed by atoms with E-state index in [1.807, 2.05) is 6.92 Å². The van der Waals surface area contributed by atoms with E-state index in [0.29, 0.717) is 13.0 Å². The quantitative estimate of drug-likeness (QED) is 0.525. The minimum Gasteiger partial charge on any atom is -0.393 e. The topological polar surface area (TPSA) is 38.7 Å². The molecule has 0 unspecified atom stereocenters. The molecule has 1 N–H and O–H groups in total. The molecule has 0 aromatic rings. The molecular formula is C7H12O3. The lowest BCUT2D eigenvalue weighted by Gasteiger charge is -2.28. The summed E-state index contributed by atoms with van der Waals surface area (Å²) in [5.74, 6) is 0.235. The summed E-state index contributed by atoms with van der Waals surface area (Å²) < 4.78 is 10.6. The van der Waals surface area contributed by atoms with E-state index in [2.05, 4.69) is 0 Å². The Morgan fingerprint density at radius 2 is 2.30 bits per heavy atom. The van der Waals surface area contributed by atoms with Gasteiger partial charge in [-0.2, -0.15) is 0 Å². The highest BCUT2D eigenvalue weighted by molar-refractivity contribution is 4.83. The molecular weight excluding hydrogens is 132 g/mol. The van der Waals surface area contributed by atoms with E-state index in [-0.39, 0.29) is 24.4 Å². The number of hydrogen-bond acceptors (Lipinski definition) is 3. The Balaban J connectivity index is 2.09. The summed E-state index contributed by atoms with van der Waals surface area (Å²) in [5.41, 5.74) is 0. The fraction of sp³-hybridized carbons (Fsp3) is 1.00. The first-order valence-electron chi connectivity index (χ1n) is 3.72. The van der Waals surface area contributed by atoms with Crippen molar-refractivity contribution in [1.82, 2.24) is 0 Å². The van der Waals surface area contributed by atoms with Crippen molar-refractivity contribution >= 4 is 0 Å². The highest BCUT2D eigenvalue weighted by atomic mass is 16.7.